The number of thioether (sulfide) groups is 1. The van der Waals surface area contributed by atoms with E-state index in [2.05, 4.69) is 0 Å². The number of hydrogen-bond acceptors (Lipinski definition) is 4. The van der Waals surface area contributed by atoms with Crippen LogP contribution in [-0.4, -0.2) is 19.3 Å². The maximum atomic E-state index is 14.7. The molecular weight excluding hydrogens is 367 g/mol. The molecule has 0 aliphatic heterocycles. The second-order valence-electron chi connectivity index (χ2n) is 5.90. The highest BCUT2D eigenvalue weighted by Crippen LogP contribution is 2.43. The smallest absolute Gasteiger partial charge is 0.348 e. The number of halogens is 1. The van der Waals surface area contributed by atoms with Gasteiger partial charge in [0, 0.05) is 21.4 Å². The molecule has 3 rings (SSSR count). The molecule has 0 spiro atoms. The van der Waals surface area contributed by atoms with Crippen LogP contribution in [-0.2, 0) is 4.74 Å². The summed E-state index contributed by atoms with van der Waals surface area (Å²) < 4.78 is 19.7. The van der Waals surface area contributed by atoms with Crippen molar-refractivity contribution in [2.75, 3.05) is 13.4 Å². The zero-order chi connectivity index (χ0) is 18.8. The number of carbonyl (C=O) groups excluding carboxylic acids is 1. The highest BCUT2D eigenvalue weighted by Gasteiger charge is 2.24. The molecule has 3 aromatic rings. The van der Waals surface area contributed by atoms with E-state index in [0.29, 0.717) is 9.77 Å². The predicted octanol–water partition coefficient (Wildman–Crippen LogP) is 6.35. The Morgan fingerprint density at radius 1 is 1.12 bits per heavy atom. The van der Waals surface area contributed by atoms with Crippen molar-refractivity contribution in [1.29, 1.82) is 0 Å². The van der Waals surface area contributed by atoms with E-state index in [1.165, 1.54) is 36.3 Å². The van der Waals surface area contributed by atoms with Gasteiger partial charge in [-0.3, -0.25) is 0 Å². The SMILES string of the molecule is COC(=O)c1scc(-c2ccccc2)c1-c1cc(F)c(SC)c(C)c1C. The molecule has 0 saturated carbocycles. The molecule has 2 nitrogen and oxygen atoms in total. The van der Waals surface area contributed by atoms with Crippen LogP contribution in [0, 0.1) is 19.7 Å². The Labute approximate surface area is 161 Å². The average Bonchev–Trinajstić information content (AvgIpc) is 3.10. The fourth-order valence-electron chi connectivity index (χ4n) is 3.06. The van der Waals surface area contributed by atoms with Crippen LogP contribution in [0.3, 0.4) is 0 Å². The van der Waals surface area contributed by atoms with Gasteiger partial charge in [0.05, 0.1) is 7.11 Å². The van der Waals surface area contributed by atoms with Crippen LogP contribution < -0.4 is 0 Å². The van der Waals surface area contributed by atoms with E-state index in [4.69, 9.17) is 4.74 Å². The molecule has 0 aliphatic carbocycles. The van der Waals surface area contributed by atoms with Gasteiger partial charge in [-0.05, 0) is 48.4 Å². The molecule has 1 heterocycles. The number of ether oxygens (including phenoxy) is 1. The normalized spacial score (nSPS) is 10.8. The lowest BCUT2D eigenvalue weighted by Crippen LogP contribution is -2.02. The molecule has 2 aromatic carbocycles. The van der Waals surface area contributed by atoms with Crippen molar-refractivity contribution in [1.82, 2.24) is 0 Å². The summed E-state index contributed by atoms with van der Waals surface area (Å²) in [7, 11) is 1.36. The summed E-state index contributed by atoms with van der Waals surface area (Å²) in [5, 5.41) is 1.94. The number of benzene rings is 2. The molecule has 0 aliphatic rings. The van der Waals surface area contributed by atoms with E-state index >= 15 is 0 Å². The van der Waals surface area contributed by atoms with Crippen LogP contribution in [0.15, 0.2) is 46.7 Å². The zero-order valence-electron chi connectivity index (χ0n) is 15.1. The predicted molar refractivity (Wildman–Crippen MR) is 108 cm³/mol. The minimum absolute atomic E-state index is 0.267. The third-order valence-corrected chi connectivity index (χ3v) is 6.38. The van der Waals surface area contributed by atoms with Gasteiger partial charge in [0.1, 0.15) is 10.7 Å². The fraction of sp³-hybridized carbons (Fsp3) is 0.190. The highest BCUT2D eigenvalue weighted by molar-refractivity contribution is 7.98. The van der Waals surface area contributed by atoms with Crippen molar-refractivity contribution in [3.8, 4) is 22.3 Å². The molecule has 5 heteroatoms. The summed E-state index contributed by atoms with van der Waals surface area (Å²) in [6.07, 6.45) is 1.87. The first-order valence-electron chi connectivity index (χ1n) is 8.08. The lowest BCUT2D eigenvalue weighted by Gasteiger charge is -2.16. The molecule has 0 unspecified atom stereocenters. The number of methoxy groups -OCH3 is 1. The molecule has 0 radical (unpaired) electrons. The Kier molecular flexibility index (Phi) is 5.49. The maximum Gasteiger partial charge on any atom is 0.348 e. The molecule has 0 bridgehead atoms. The largest absolute Gasteiger partial charge is 0.465 e. The van der Waals surface area contributed by atoms with Gasteiger partial charge in [-0.2, -0.15) is 0 Å². The van der Waals surface area contributed by atoms with Crippen LogP contribution in [0.1, 0.15) is 20.8 Å². The minimum Gasteiger partial charge on any atom is -0.465 e. The number of hydrogen-bond donors (Lipinski definition) is 0. The van der Waals surface area contributed by atoms with E-state index < -0.39 is 5.97 Å². The Hall–Kier alpha value is -2.11. The second kappa shape index (κ2) is 7.64. The van der Waals surface area contributed by atoms with E-state index in [-0.39, 0.29) is 5.82 Å². The number of rotatable bonds is 4. The maximum absolute atomic E-state index is 14.7. The number of esters is 1. The lowest BCUT2D eigenvalue weighted by atomic mass is 9.91. The summed E-state index contributed by atoms with van der Waals surface area (Å²) in [6.45, 7) is 3.89. The molecule has 0 amide bonds. The van der Waals surface area contributed by atoms with Gasteiger partial charge in [-0.25, -0.2) is 9.18 Å². The average molecular weight is 387 g/mol. The lowest BCUT2D eigenvalue weighted by molar-refractivity contribution is 0.0607. The fourth-order valence-corrected chi connectivity index (χ4v) is 4.78. The van der Waals surface area contributed by atoms with Crippen LogP contribution in [0.25, 0.3) is 22.3 Å². The van der Waals surface area contributed by atoms with Gasteiger partial charge >= 0.3 is 5.97 Å². The third-order valence-electron chi connectivity index (χ3n) is 4.52. The summed E-state index contributed by atoms with van der Waals surface area (Å²) >= 11 is 2.72. The van der Waals surface area contributed by atoms with Gasteiger partial charge in [-0.1, -0.05) is 30.3 Å². The molecule has 26 heavy (non-hydrogen) atoms. The number of thiophene rings is 1. The highest BCUT2D eigenvalue weighted by atomic mass is 32.2. The van der Waals surface area contributed by atoms with Crippen molar-refractivity contribution in [2.45, 2.75) is 18.7 Å². The summed E-state index contributed by atoms with van der Waals surface area (Å²) in [4.78, 5) is 13.5. The molecule has 0 fully saturated rings. The van der Waals surface area contributed by atoms with Gasteiger partial charge in [-0.15, -0.1) is 23.1 Å². The summed E-state index contributed by atoms with van der Waals surface area (Å²) in [5.41, 5.74) is 5.23. The van der Waals surface area contributed by atoms with E-state index in [9.17, 15) is 9.18 Å². The topological polar surface area (TPSA) is 26.3 Å². The molecule has 0 saturated heterocycles. The molecular formula is C21H19FO2S2. The van der Waals surface area contributed by atoms with E-state index in [1.54, 1.807) is 0 Å². The molecule has 1 aromatic heterocycles. The monoisotopic (exact) mass is 386 g/mol. The van der Waals surface area contributed by atoms with Crippen molar-refractivity contribution in [2.24, 2.45) is 0 Å². The first kappa shape index (κ1) is 18.7. The summed E-state index contributed by atoms with van der Waals surface area (Å²) in [6, 6.07) is 11.4. The van der Waals surface area contributed by atoms with Crippen LogP contribution in [0.2, 0.25) is 0 Å². The molecule has 134 valence electrons. The first-order valence-corrected chi connectivity index (χ1v) is 10.2. The van der Waals surface area contributed by atoms with Crippen LogP contribution in [0.4, 0.5) is 4.39 Å². The van der Waals surface area contributed by atoms with Gasteiger partial charge in [0.2, 0.25) is 0 Å². The number of carbonyl (C=O) groups is 1. The van der Waals surface area contributed by atoms with Crippen molar-refractivity contribution in [3.63, 3.8) is 0 Å². The van der Waals surface area contributed by atoms with E-state index in [1.807, 2.05) is 55.8 Å². The minimum atomic E-state index is -0.404. The van der Waals surface area contributed by atoms with E-state index in [0.717, 1.165) is 33.4 Å². The Morgan fingerprint density at radius 2 is 1.81 bits per heavy atom. The standard InChI is InChI=1S/C21H19FO2S2/c1-12-13(2)19(25-4)17(22)10-15(12)18-16(14-8-6-5-7-9-14)11-26-20(18)21(23)24-3/h5-11H,1-4H3. The van der Waals surface area contributed by atoms with Gasteiger partial charge in [0.15, 0.2) is 0 Å². The van der Waals surface area contributed by atoms with Crippen LogP contribution >= 0.6 is 23.1 Å². The Morgan fingerprint density at radius 3 is 2.42 bits per heavy atom. The first-order chi connectivity index (χ1) is 12.5. The van der Waals surface area contributed by atoms with Gasteiger partial charge < -0.3 is 4.74 Å². The Bertz CT molecular complexity index is 962. The zero-order valence-corrected chi connectivity index (χ0v) is 16.7. The second-order valence-corrected chi connectivity index (χ2v) is 7.60. The van der Waals surface area contributed by atoms with Crippen molar-refractivity contribution < 1.29 is 13.9 Å². The Balaban J connectivity index is 2.34. The van der Waals surface area contributed by atoms with Crippen LogP contribution in [0.5, 0.6) is 0 Å². The van der Waals surface area contributed by atoms with Gasteiger partial charge in [0.25, 0.3) is 0 Å². The summed E-state index contributed by atoms with van der Waals surface area (Å²) in [5.74, 6) is -0.671. The molecule has 0 atom stereocenters. The van der Waals surface area contributed by atoms with Crippen molar-refractivity contribution >= 4 is 29.1 Å². The quantitative estimate of drug-likeness (QED) is 0.386. The van der Waals surface area contributed by atoms with Crippen molar-refractivity contribution in [3.05, 3.63) is 63.6 Å². The molecule has 0 N–H and O–H groups in total. The third kappa shape index (κ3) is 3.17.